The van der Waals surface area contributed by atoms with Crippen molar-refractivity contribution in [3.8, 4) is 11.5 Å². The lowest BCUT2D eigenvalue weighted by Crippen LogP contribution is -2.39. The van der Waals surface area contributed by atoms with Gasteiger partial charge in [0, 0.05) is 30.0 Å². The summed E-state index contributed by atoms with van der Waals surface area (Å²) < 4.78 is 16.2. The van der Waals surface area contributed by atoms with Crippen LogP contribution in [0.2, 0.25) is 0 Å². The monoisotopic (exact) mass is 408 g/mol. The fraction of sp³-hybridized carbons (Fsp3) is 0.304. The molecule has 0 spiro atoms. The number of rotatable bonds is 6. The molecule has 3 aromatic rings. The van der Waals surface area contributed by atoms with Gasteiger partial charge in [0.15, 0.2) is 0 Å². The van der Waals surface area contributed by atoms with E-state index in [2.05, 4.69) is 4.98 Å². The molecule has 4 rings (SSSR count). The molecule has 2 heterocycles. The highest BCUT2D eigenvalue weighted by atomic mass is 16.5. The maximum atomic E-state index is 13.2. The Morgan fingerprint density at radius 1 is 1.13 bits per heavy atom. The van der Waals surface area contributed by atoms with Crippen LogP contribution in [0, 0.1) is 0 Å². The van der Waals surface area contributed by atoms with Gasteiger partial charge in [0.1, 0.15) is 17.6 Å². The standard InChI is InChI=1S/C23H24N2O5/c1-28-18-6-3-5-17(12-18)25(23(27)21-7-4-10-30-21)14-16-11-15-8-9-19(29-2)13-20(15)24-22(16)26/h3,5-6,8-9,11-13,21H,4,7,10,14H2,1-2H3,(H,24,26). The molecule has 1 aromatic heterocycles. The number of hydrogen-bond donors (Lipinski definition) is 1. The van der Waals surface area contributed by atoms with Gasteiger partial charge in [-0.15, -0.1) is 0 Å². The molecule has 0 bridgehead atoms. The van der Waals surface area contributed by atoms with Gasteiger partial charge in [-0.25, -0.2) is 0 Å². The smallest absolute Gasteiger partial charge is 0.256 e. The number of benzene rings is 2. The van der Waals surface area contributed by atoms with Crippen LogP contribution in [0.5, 0.6) is 11.5 Å². The average molecular weight is 408 g/mol. The van der Waals surface area contributed by atoms with Gasteiger partial charge in [0.25, 0.3) is 11.5 Å². The molecule has 1 unspecified atom stereocenters. The molecule has 1 aliphatic heterocycles. The minimum Gasteiger partial charge on any atom is -0.497 e. The zero-order chi connectivity index (χ0) is 21.1. The van der Waals surface area contributed by atoms with Gasteiger partial charge in [-0.1, -0.05) is 6.07 Å². The number of nitrogens with one attached hydrogen (secondary N) is 1. The first-order chi connectivity index (χ1) is 14.6. The van der Waals surface area contributed by atoms with E-state index in [0.29, 0.717) is 41.3 Å². The summed E-state index contributed by atoms with van der Waals surface area (Å²) in [7, 11) is 3.16. The molecular formula is C23H24N2O5. The van der Waals surface area contributed by atoms with Crippen molar-refractivity contribution >= 4 is 22.5 Å². The van der Waals surface area contributed by atoms with Crippen molar-refractivity contribution in [2.45, 2.75) is 25.5 Å². The van der Waals surface area contributed by atoms with Gasteiger partial charge in [0.05, 0.1) is 26.3 Å². The summed E-state index contributed by atoms with van der Waals surface area (Å²) in [6.45, 7) is 0.698. The number of amides is 1. The second-order valence-electron chi connectivity index (χ2n) is 7.20. The highest BCUT2D eigenvalue weighted by Crippen LogP contribution is 2.26. The molecule has 1 amide bonds. The lowest BCUT2D eigenvalue weighted by atomic mass is 10.1. The van der Waals surface area contributed by atoms with E-state index in [0.717, 1.165) is 11.8 Å². The Kier molecular flexibility index (Phi) is 5.72. The summed E-state index contributed by atoms with van der Waals surface area (Å²) in [5.41, 5.74) is 1.58. The van der Waals surface area contributed by atoms with Gasteiger partial charge >= 0.3 is 0 Å². The first kappa shape index (κ1) is 20.0. The van der Waals surface area contributed by atoms with Gasteiger partial charge in [-0.05, 0) is 48.6 Å². The minimum absolute atomic E-state index is 0.128. The molecule has 0 saturated carbocycles. The number of aromatic amines is 1. The molecule has 1 aliphatic rings. The summed E-state index contributed by atoms with van der Waals surface area (Å²) in [6.07, 6.45) is 1.02. The second-order valence-corrected chi connectivity index (χ2v) is 7.20. The fourth-order valence-corrected chi connectivity index (χ4v) is 3.66. The van der Waals surface area contributed by atoms with Crippen LogP contribution in [0.3, 0.4) is 0 Å². The number of H-pyrrole nitrogens is 1. The molecule has 1 saturated heterocycles. The lowest BCUT2D eigenvalue weighted by Gasteiger charge is -2.25. The predicted molar refractivity (Wildman–Crippen MR) is 114 cm³/mol. The first-order valence-corrected chi connectivity index (χ1v) is 9.86. The van der Waals surface area contributed by atoms with Crippen LogP contribution in [0.25, 0.3) is 10.9 Å². The first-order valence-electron chi connectivity index (χ1n) is 9.86. The Bertz CT molecular complexity index is 1120. The summed E-state index contributed by atoms with van der Waals surface area (Å²) in [5, 5.41) is 0.862. The molecule has 30 heavy (non-hydrogen) atoms. The third kappa shape index (κ3) is 4.02. The van der Waals surface area contributed by atoms with E-state index in [1.165, 1.54) is 0 Å². The zero-order valence-corrected chi connectivity index (χ0v) is 17.0. The Morgan fingerprint density at radius 3 is 2.67 bits per heavy atom. The third-order valence-corrected chi connectivity index (χ3v) is 5.29. The van der Waals surface area contributed by atoms with Crippen LogP contribution in [-0.2, 0) is 16.1 Å². The van der Waals surface area contributed by atoms with E-state index in [9.17, 15) is 9.59 Å². The van der Waals surface area contributed by atoms with E-state index >= 15 is 0 Å². The molecule has 7 nitrogen and oxygen atoms in total. The lowest BCUT2D eigenvalue weighted by molar-refractivity contribution is -0.127. The van der Waals surface area contributed by atoms with Gasteiger partial charge in [-0.3, -0.25) is 9.59 Å². The molecule has 1 fully saturated rings. The van der Waals surface area contributed by atoms with Gasteiger partial charge < -0.3 is 24.1 Å². The minimum atomic E-state index is -0.500. The van der Waals surface area contributed by atoms with Crippen LogP contribution < -0.4 is 19.9 Å². The van der Waals surface area contributed by atoms with Crippen molar-refractivity contribution in [1.29, 1.82) is 0 Å². The number of nitrogens with zero attached hydrogens (tertiary/aromatic N) is 1. The van der Waals surface area contributed by atoms with Crippen LogP contribution in [0.15, 0.2) is 53.3 Å². The Balaban J connectivity index is 1.73. The maximum Gasteiger partial charge on any atom is 0.256 e. The van der Waals surface area contributed by atoms with Crippen molar-refractivity contribution in [1.82, 2.24) is 4.98 Å². The van der Waals surface area contributed by atoms with Crippen LogP contribution >= 0.6 is 0 Å². The number of pyridine rings is 1. The number of ether oxygens (including phenoxy) is 3. The van der Waals surface area contributed by atoms with Crippen LogP contribution in [-0.4, -0.2) is 37.8 Å². The maximum absolute atomic E-state index is 13.2. The van der Waals surface area contributed by atoms with Crippen molar-refractivity contribution < 1.29 is 19.0 Å². The number of aromatic nitrogens is 1. The van der Waals surface area contributed by atoms with E-state index in [1.54, 1.807) is 31.3 Å². The quantitative estimate of drug-likeness (QED) is 0.677. The topological polar surface area (TPSA) is 80.9 Å². The van der Waals surface area contributed by atoms with Crippen molar-refractivity contribution in [3.63, 3.8) is 0 Å². The SMILES string of the molecule is COc1cccc(N(Cc2cc3ccc(OC)cc3[nH]c2=O)C(=O)C2CCCO2)c1. The number of fused-ring (bicyclic) bond motifs is 1. The summed E-state index contributed by atoms with van der Waals surface area (Å²) >= 11 is 0. The number of carbonyl (C=O) groups is 1. The van der Waals surface area contributed by atoms with E-state index < -0.39 is 6.10 Å². The molecule has 1 N–H and O–H groups in total. The molecule has 1 atom stereocenters. The van der Waals surface area contributed by atoms with Crippen LogP contribution in [0.4, 0.5) is 5.69 Å². The number of carbonyl (C=O) groups excluding carboxylic acids is 1. The van der Waals surface area contributed by atoms with Crippen LogP contribution in [0.1, 0.15) is 18.4 Å². The van der Waals surface area contributed by atoms with E-state index in [4.69, 9.17) is 14.2 Å². The Hall–Kier alpha value is -3.32. The van der Waals surface area contributed by atoms with E-state index in [-0.39, 0.29) is 18.0 Å². The normalized spacial score (nSPS) is 15.9. The Labute approximate surface area is 174 Å². The molecule has 0 aliphatic carbocycles. The molecule has 156 valence electrons. The Morgan fingerprint density at radius 2 is 1.93 bits per heavy atom. The molecule has 2 aromatic carbocycles. The number of hydrogen-bond acceptors (Lipinski definition) is 5. The largest absolute Gasteiger partial charge is 0.497 e. The zero-order valence-electron chi connectivity index (χ0n) is 17.0. The number of anilines is 1. The summed E-state index contributed by atoms with van der Waals surface area (Å²) in [6, 6.07) is 14.5. The van der Waals surface area contributed by atoms with Crippen molar-refractivity contribution in [3.05, 3.63) is 64.4 Å². The summed E-state index contributed by atoms with van der Waals surface area (Å²) in [5.74, 6) is 1.14. The van der Waals surface area contributed by atoms with E-state index in [1.807, 2.05) is 36.4 Å². The molecule has 0 radical (unpaired) electrons. The molecule has 7 heteroatoms. The second kappa shape index (κ2) is 8.59. The highest BCUT2D eigenvalue weighted by Gasteiger charge is 2.30. The average Bonchev–Trinajstić information content (AvgIpc) is 3.32. The van der Waals surface area contributed by atoms with Gasteiger partial charge in [0.2, 0.25) is 0 Å². The highest BCUT2D eigenvalue weighted by molar-refractivity contribution is 5.97. The molecular weight excluding hydrogens is 384 g/mol. The predicted octanol–water partition coefficient (Wildman–Crippen LogP) is 3.26. The van der Waals surface area contributed by atoms with Crippen molar-refractivity contribution in [2.24, 2.45) is 0 Å². The van der Waals surface area contributed by atoms with Crippen molar-refractivity contribution in [2.75, 3.05) is 25.7 Å². The van der Waals surface area contributed by atoms with Gasteiger partial charge in [-0.2, -0.15) is 0 Å². The summed E-state index contributed by atoms with van der Waals surface area (Å²) in [4.78, 5) is 30.5. The third-order valence-electron chi connectivity index (χ3n) is 5.29. The number of methoxy groups -OCH3 is 2. The fourth-order valence-electron chi connectivity index (χ4n) is 3.66.